The van der Waals surface area contributed by atoms with Crippen LogP contribution in [0.15, 0.2) is 0 Å². The predicted molar refractivity (Wildman–Crippen MR) is 81.1 cm³/mol. The van der Waals surface area contributed by atoms with Crippen LogP contribution in [0.2, 0.25) is 0 Å². The van der Waals surface area contributed by atoms with E-state index in [1.165, 1.54) is 0 Å². The molecule has 0 aliphatic heterocycles. The number of amides is 1. The summed E-state index contributed by atoms with van der Waals surface area (Å²) in [6.45, 7) is 11.4. The van der Waals surface area contributed by atoms with Gasteiger partial charge in [0, 0.05) is 0 Å². The van der Waals surface area contributed by atoms with Crippen molar-refractivity contribution >= 4 is 12.1 Å². The fraction of sp³-hybridized carbons (Fsp3) is 0.875. The van der Waals surface area contributed by atoms with E-state index in [0.717, 1.165) is 19.3 Å². The number of carboxylic acid groups (broad SMARTS) is 1. The molecule has 1 aliphatic rings. The van der Waals surface area contributed by atoms with Crippen LogP contribution in [0.3, 0.4) is 0 Å². The van der Waals surface area contributed by atoms with Crippen LogP contribution in [-0.2, 0) is 9.53 Å². The minimum Gasteiger partial charge on any atom is -0.479 e. The van der Waals surface area contributed by atoms with Crippen LogP contribution in [0.5, 0.6) is 0 Å². The number of hydrogen-bond donors (Lipinski definition) is 2. The first-order valence-corrected chi connectivity index (χ1v) is 7.63. The second-order valence-electron chi connectivity index (χ2n) is 8.07. The molecule has 0 saturated heterocycles. The summed E-state index contributed by atoms with van der Waals surface area (Å²) in [4.78, 5) is 24.1. The fourth-order valence-corrected chi connectivity index (χ4v) is 3.29. The predicted octanol–water partition coefficient (Wildman–Crippen LogP) is 3.57. The second kappa shape index (κ2) is 5.85. The molecular weight excluding hydrogens is 270 g/mol. The van der Waals surface area contributed by atoms with Crippen molar-refractivity contribution in [1.29, 1.82) is 0 Å². The molecule has 2 unspecified atom stereocenters. The molecule has 2 N–H and O–H groups in total. The van der Waals surface area contributed by atoms with Crippen LogP contribution >= 0.6 is 0 Å². The van der Waals surface area contributed by atoms with Gasteiger partial charge in [-0.2, -0.15) is 0 Å². The van der Waals surface area contributed by atoms with Gasteiger partial charge in [0.25, 0.3) is 0 Å². The average Bonchev–Trinajstić information content (AvgIpc) is 2.24. The first-order valence-electron chi connectivity index (χ1n) is 7.63. The topological polar surface area (TPSA) is 75.6 Å². The summed E-state index contributed by atoms with van der Waals surface area (Å²) in [5, 5.41) is 12.5. The Hall–Kier alpha value is -1.26. The van der Waals surface area contributed by atoms with Gasteiger partial charge in [-0.1, -0.05) is 33.6 Å². The van der Waals surface area contributed by atoms with Gasteiger partial charge < -0.3 is 15.2 Å². The zero-order valence-electron chi connectivity index (χ0n) is 14.1. The first kappa shape index (κ1) is 17.8. The van der Waals surface area contributed by atoms with Crippen LogP contribution in [0.1, 0.15) is 67.2 Å². The Labute approximate surface area is 127 Å². The van der Waals surface area contributed by atoms with Crippen molar-refractivity contribution in [2.75, 3.05) is 0 Å². The molecule has 0 radical (unpaired) electrons. The standard InChI is InChI=1S/C16H29NO4/c1-14(2,3)11-9-7-8-10-16(11,12(18)19)17-13(20)21-15(4,5)6/h11H,7-10H2,1-6H3,(H,17,20)(H,18,19). The molecule has 21 heavy (non-hydrogen) atoms. The van der Waals surface area contributed by atoms with Crippen LogP contribution in [-0.4, -0.2) is 28.3 Å². The van der Waals surface area contributed by atoms with Crippen molar-refractivity contribution in [2.24, 2.45) is 11.3 Å². The minimum absolute atomic E-state index is 0.122. The van der Waals surface area contributed by atoms with Gasteiger partial charge in [0.1, 0.15) is 11.1 Å². The van der Waals surface area contributed by atoms with Crippen LogP contribution < -0.4 is 5.32 Å². The number of alkyl carbamates (subject to hydrolysis) is 1. The Morgan fingerprint density at radius 1 is 1.14 bits per heavy atom. The summed E-state index contributed by atoms with van der Waals surface area (Å²) >= 11 is 0. The van der Waals surface area contributed by atoms with Gasteiger partial charge >= 0.3 is 12.1 Å². The third-order valence-electron chi connectivity index (χ3n) is 4.06. The quantitative estimate of drug-likeness (QED) is 0.817. The van der Waals surface area contributed by atoms with E-state index in [2.05, 4.69) is 5.32 Å². The maximum absolute atomic E-state index is 12.1. The maximum atomic E-state index is 12.1. The van der Waals surface area contributed by atoms with E-state index in [-0.39, 0.29) is 11.3 Å². The first-order chi connectivity index (χ1) is 9.38. The summed E-state index contributed by atoms with van der Waals surface area (Å²) in [6.07, 6.45) is 2.39. The summed E-state index contributed by atoms with van der Waals surface area (Å²) < 4.78 is 5.26. The zero-order chi connectivity index (χ0) is 16.5. The third kappa shape index (κ3) is 4.35. The lowest BCUT2D eigenvalue weighted by Crippen LogP contribution is -2.63. The number of carbonyl (C=O) groups excluding carboxylic acids is 1. The normalized spacial score (nSPS) is 27.0. The van der Waals surface area contributed by atoms with E-state index in [1.54, 1.807) is 20.8 Å². The molecule has 122 valence electrons. The molecule has 2 atom stereocenters. The van der Waals surface area contributed by atoms with E-state index in [4.69, 9.17) is 4.74 Å². The number of carboxylic acids is 1. The zero-order valence-corrected chi connectivity index (χ0v) is 14.1. The summed E-state index contributed by atoms with van der Waals surface area (Å²) in [5.41, 5.74) is -2.08. The Bertz CT molecular complexity index is 405. The molecule has 0 aromatic heterocycles. The molecule has 5 nitrogen and oxygen atoms in total. The molecule has 1 saturated carbocycles. The summed E-state index contributed by atoms with van der Waals surface area (Å²) in [5.74, 6) is -1.09. The van der Waals surface area contributed by atoms with E-state index in [1.807, 2.05) is 20.8 Å². The highest BCUT2D eigenvalue weighted by Gasteiger charge is 2.53. The molecule has 5 heteroatoms. The van der Waals surface area contributed by atoms with Crippen molar-refractivity contribution in [3.05, 3.63) is 0 Å². The van der Waals surface area contributed by atoms with E-state index >= 15 is 0 Å². The van der Waals surface area contributed by atoms with Gasteiger partial charge in [0.2, 0.25) is 0 Å². The molecule has 0 aromatic rings. The number of carbonyl (C=O) groups is 2. The van der Waals surface area contributed by atoms with Gasteiger partial charge in [0.05, 0.1) is 0 Å². The highest BCUT2D eigenvalue weighted by molar-refractivity contribution is 5.85. The molecule has 1 aliphatic carbocycles. The number of nitrogens with one attached hydrogen (secondary N) is 1. The van der Waals surface area contributed by atoms with Crippen LogP contribution in [0.25, 0.3) is 0 Å². The number of aliphatic carboxylic acids is 1. The van der Waals surface area contributed by atoms with Crippen molar-refractivity contribution in [3.8, 4) is 0 Å². The second-order valence-corrected chi connectivity index (χ2v) is 8.07. The number of hydrogen-bond acceptors (Lipinski definition) is 3. The molecule has 1 fully saturated rings. The Morgan fingerprint density at radius 2 is 1.71 bits per heavy atom. The lowest BCUT2D eigenvalue weighted by Gasteiger charge is -2.47. The van der Waals surface area contributed by atoms with Crippen molar-refractivity contribution in [3.63, 3.8) is 0 Å². The minimum atomic E-state index is -1.24. The Kier molecular flexibility index (Phi) is 4.96. The SMILES string of the molecule is CC(C)(C)OC(=O)NC1(C(=O)O)CCCCC1C(C)(C)C. The molecule has 0 bridgehead atoms. The van der Waals surface area contributed by atoms with Crippen molar-refractivity contribution in [1.82, 2.24) is 5.32 Å². The van der Waals surface area contributed by atoms with Crippen molar-refractivity contribution in [2.45, 2.75) is 78.4 Å². The Morgan fingerprint density at radius 3 is 2.14 bits per heavy atom. The van der Waals surface area contributed by atoms with Gasteiger partial charge in [0.15, 0.2) is 0 Å². The lowest BCUT2D eigenvalue weighted by molar-refractivity contribution is -0.152. The van der Waals surface area contributed by atoms with Gasteiger partial charge in [-0.25, -0.2) is 9.59 Å². The smallest absolute Gasteiger partial charge is 0.408 e. The monoisotopic (exact) mass is 299 g/mol. The number of rotatable bonds is 2. The van der Waals surface area contributed by atoms with Crippen LogP contribution in [0, 0.1) is 11.3 Å². The average molecular weight is 299 g/mol. The van der Waals surface area contributed by atoms with Gasteiger partial charge in [-0.05, 0) is 44.9 Å². The summed E-state index contributed by atoms with van der Waals surface area (Å²) in [7, 11) is 0. The number of ether oxygens (including phenoxy) is 1. The third-order valence-corrected chi connectivity index (χ3v) is 4.06. The van der Waals surface area contributed by atoms with Crippen molar-refractivity contribution < 1.29 is 19.4 Å². The molecular formula is C16H29NO4. The Balaban J connectivity index is 3.06. The molecule has 0 aromatic carbocycles. The highest BCUT2D eigenvalue weighted by Crippen LogP contribution is 2.44. The largest absolute Gasteiger partial charge is 0.479 e. The highest BCUT2D eigenvalue weighted by atomic mass is 16.6. The lowest BCUT2D eigenvalue weighted by atomic mass is 9.62. The molecule has 1 amide bonds. The summed E-state index contributed by atoms with van der Waals surface area (Å²) in [6, 6.07) is 0. The van der Waals surface area contributed by atoms with Gasteiger partial charge in [-0.15, -0.1) is 0 Å². The van der Waals surface area contributed by atoms with Crippen LogP contribution in [0.4, 0.5) is 4.79 Å². The fourth-order valence-electron chi connectivity index (χ4n) is 3.29. The molecule has 0 heterocycles. The van der Waals surface area contributed by atoms with Gasteiger partial charge in [-0.3, -0.25) is 0 Å². The van der Waals surface area contributed by atoms with E-state index in [9.17, 15) is 14.7 Å². The maximum Gasteiger partial charge on any atom is 0.408 e. The molecule has 1 rings (SSSR count). The molecule has 0 spiro atoms. The van der Waals surface area contributed by atoms with E-state index in [0.29, 0.717) is 6.42 Å². The van der Waals surface area contributed by atoms with E-state index < -0.39 is 23.2 Å².